The van der Waals surface area contributed by atoms with E-state index in [2.05, 4.69) is 10.1 Å². The fourth-order valence-electron chi connectivity index (χ4n) is 3.34. The summed E-state index contributed by atoms with van der Waals surface area (Å²) in [5, 5.41) is 2.68. The maximum Gasteiger partial charge on any atom is 0.573 e. The predicted octanol–water partition coefficient (Wildman–Crippen LogP) is 5.09. The Morgan fingerprint density at radius 3 is 2.19 bits per heavy atom. The number of benzene rings is 1. The van der Waals surface area contributed by atoms with Gasteiger partial charge in [-0.25, -0.2) is 14.0 Å². The molecule has 0 saturated heterocycles. The SMILES string of the molecule is COC(=O)N(CC(C)(C)NC(=O)OC(C)(C)C)C1(c2ccc(F)c(OC(F)(F)F)c2)CC1. The lowest BCUT2D eigenvalue weighted by Crippen LogP contribution is -2.56. The molecule has 0 heterocycles. The molecule has 1 saturated carbocycles. The van der Waals surface area contributed by atoms with E-state index in [1.54, 1.807) is 34.6 Å². The Labute approximate surface area is 184 Å². The minimum absolute atomic E-state index is 0.0498. The van der Waals surface area contributed by atoms with Gasteiger partial charge in [-0.05, 0) is 65.2 Å². The van der Waals surface area contributed by atoms with E-state index in [1.807, 2.05) is 0 Å². The Kier molecular flexibility index (Phi) is 6.92. The number of methoxy groups -OCH3 is 1. The van der Waals surface area contributed by atoms with Crippen LogP contribution in [-0.4, -0.2) is 48.2 Å². The van der Waals surface area contributed by atoms with Crippen LogP contribution in [0.2, 0.25) is 0 Å². The van der Waals surface area contributed by atoms with Crippen molar-refractivity contribution < 1.29 is 41.4 Å². The van der Waals surface area contributed by atoms with Crippen LogP contribution in [0, 0.1) is 5.82 Å². The summed E-state index contributed by atoms with van der Waals surface area (Å²) < 4.78 is 65.7. The van der Waals surface area contributed by atoms with E-state index in [9.17, 15) is 27.2 Å². The molecule has 1 aromatic carbocycles. The van der Waals surface area contributed by atoms with E-state index in [1.165, 1.54) is 18.1 Å². The molecule has 0 bridgehead atoms. The zero-order chi connectivity index (χ0) is 24.5. The summed E-state index contributed by atoms with van der Waals surface area (Å²) in [5.41, 5.74) is -2.49. The molecule has 0 radical (unpaired) electrons. The summed E-state index contributed by atoms with van der Waals surface area (Å²) in [6.45, 7) is 8.38. The van der Waals surface area contributed by atoms with Crippen LogP contribution in [0.1, 0.15) is 53.0 Å². The standard InChI is InChI=1S/C21H28F4N2O5/c1-18(2,3)32-16(28)26-19(4,5)12-27(17(29)30-6)20(9-10-20)13-7-8-14(22)15(11-13)31-21(23,24)25/h7-8,11H,9-10,12H2,1-6H3,(H,26,28). The fraction of sp³-hybridized carbons (Fsp3) is 0.619. The molecule has 1 fully saturated rings. The third kappa shape index (κ3) is 6.64. The molecule has 1 N–H and O–H groups in total. The summed E-state index contributed by atoms with van der Waals surface area (Å²) in [6, 6.07) is 3.09. The highest BCUT2D eigenvalue weighted by Crippen LogP contribution is 2.52. The normalized spacial score (nSPS) is 15.6. The predicted molar refractivity (Wildman–Crippen MR) is 107 cm³/mol. The zero-order valence-corrected chi connectivity index (χ0v) is 18.9. The minimum Gasteiger partial charge on any atom is -0.453 e. The first-order valence-corrected chi connectivity index (χ1v) is 9.91. The Bertz CT molecular complexity index is 861. The lowest BCUT2D eigenvalue weighted by atomic mass is 9.98. The first kappa shape index (κ1) is 25.5. The van der Waals surface area contributed by atoms with Gasteiger partial charge < -0.3 is 19.5 Å². The number of rotatable bonds is 6. The molecule has 0 aromatic heterocycles. The van der Waals surface area contributed by atoms with Crippen molar-refractivity contribution in [3.63, 3.8) is 0 Å². The third-order valence-electron chi connectivity index (χ3n) is 4.72. The smallest absolute Gasteiger partial charge is 0.453 e. The van der Waals surface area contributed by atoms with Gasteiger partial charge >= 0.3 is 18.5 Å². The van der Waals surface area contributed by atoms with Crippen LogP contribution < -0.4 is 10.1 Å². The second kappa shape index (κ2) is 8.67. The molecule has 11 heteroatoms. The van der Waals surface area contributed by atoms with E-state index in [0.29, 0.717) is 12.8 Å². The molecule has 0 spiro atoms. The molecule has 2 amide bonds. The number of alkyl halides is 3. The van der Waals surface area contributed by atoms with Crippen LogP contribution >= 0.6 is 0 Å². The number of ether oxygens (including phenoxy) is 3. The molecule has 0 unspecified atom stereocenters. The van der Waals surface area contributed by atoms with Crippen LogP contribution in [0.5, 0.6) is 5.75 Å². The topological polar surface area (TPSA) is 77.1 Å². The van der Waals surface area contributed by atoms with Gasteiger partial charge in [0.25, 0.3) is 0 Å². The monoisotopic (exact) mass is 464 g/mol. The van der Waals surface area contributed by atoms with Gasteiger partial charge in [0.1, 0.15) is 5.60 Å². The van der Waals surface area contributed by atoms with Crippen molar-refractivity contribution >= 4 is 12.2 Å². The number of alkyl carbamates (subject to hydrolysis) is 1. The van der Waals surface area contributed by atoms with E-state index in [4.69, 9.17) is 9.47 Å². The lowest BCUT2D eigenvalue weighted by Gasteiger charge is -2.38. The Morgan fingerprint density at radius 2 is 1.72 bits per heavy atom. The summed E-state index contributed by atoms with van der Waals surface area (Å²) in [5.74, 6) is -2.17. The molecule has 1 aromatic rings. The zero-order valence-electron chi connectivity index (χ0n) is 18.9. The van der Waals surface area contributed by atoms with Crippen molar-refractivity contribution in [2.45, 2.75) is 70.5 Å². The molecule has 32 heavy (non-hydrogen) atoms. The number of nitrogens with one attached hydrogen (secondary N) is 1. The number of hydrogen-bond donors (Lipinski definition) is 1. The highest BCUT2D eigenvalue weighted by atomic mass is 19.4. The number of halogens is 4. The summed E-state index contributed by atoms with van der Waals surface area (Å²) in [7, 11) is 1.17. The van der Waals surface area contributed by atoms with Gasteiger partial charge in [0.2, 0.25) is 0 Å². The number of carbonyl (C=O) groups is 2. The van der Waals surface area contributed by atoms with Gasteiger partial charge in [-0.2, -0.15) is 0 Å². The second-order valence-electron chi connectivity index (χ2n) is 9.29. The van der Waals surface area contributed by atoms with Gasteiger partial charge in [-0.1, -0.05) is 6.07 Å². The van der Waals surface area contributed by atoms with Crippen LogP contribution in [-0.2, 0) is 15.0 Å². The highest BCUT2D eigenvalue weighted by molar-refractivity contribution is 5.71. The van der Waals surface area contributed by atoms with E-state index in [-0.39, 0.29) is 12.1 Å². The van der Waals surface area contributed by atoms with Crippen molar-refractivity contribution in [2.24, 2.45) is 0 Å². The average molecular weight is 464 g/mol. The molecule has 180 valence electrons. The van der Waals surface area contributed by atoms with Crippen LogP contribution in [0.25, 0.3) is 0 Å². The number of hydrogen-bond acceptors (Lipinski definition) is 5. The Balaban J connectivity index is 2.32. The minimum atomic E-state index is -5.07. The quantitative estimate of drug-likeness (QED) is 0.594. The molecule has 0 aliphatic heterocycles. The number of carbonyl (C=O) groups excluding carboxylic acids is 2. The van der Waals surface area contributed by atoms with Gasteiger partial charge in [0.05, 0.1) is 18.2 Å². The average Bonchev–Trinajstić information content (AvgIpc) is 3.39. The van der Waals surface area contributed by atoms with Crippen molar-refractivity contribution in [2.75, 3.05) is 13.7 Å². The maximum atomic E-state index is 13.9. The fourth-order valence-corrected chi connectivity index (χ4v) is 3.34. The van der Waals surface area contributed by atoms with Crippen molar-refractivity contribution in [1.29, 1.82) is 0 Å². The van der Waals surface area contributed by atoms with Crippen molar-refractivity contribution in [3.8, 4) is 5.75 Å². The van der Waals surface area contributed by atoms with Gasteiger partial charge in [0, 0.05) is 6.54 Å². The second-order valence-corrected chi connectivity index (χ2v) is 9.29. The molecule has 7 nitrogen and oxygen atoms in total. The molecule has 2 rings (SSSR count). The molecule has 1 aliphatic rings. The van der Waals surface area contributed by atoms with Gasteiger partial charge in [0.15, 0.2) is 11.6 Å². The number of amides is 2. The lowest BCUT2D eigenvalue weighted by molar-refractivity contribution is -0.275. The third-order valence-corrected chi connectivity index (χ3v) is 4.72. The van der Waals surface area contributed by atoms with Gasteiger partial charge in [-0.3, -0.25) is 4.90 Å². The Hall–Kier alpha value is -2.72. The first-order chi connectivity index (χ1) is 14.5. The molecular formula is C21H28F4N2O5. The highest BCUT2D eigenvalue weighted by Gasteiger charge is 2.54. The molecule has 1 aliphatic carbocycles. The Morgan fingerprint density at radius 1 is 1.12 bits per heavy atom. The summed E-state index contributed by atoms with van der Waals surface area (Å²) in [6.07, 6.45) is -5.70. The number of nitrogens with zero attached hydrogens (tertiary/aromatic N) is 1. The largest absolute Gasteiger partial charge is 0.573 e. The summed E-state index contributed by atoms with van der Waals surface area (Å²) >= 11 is 0. The van der Waals surface area contributed by atoms with Crippen LogP contribution in [0.4, 0.5) is 27.2 Å². The van der Waals surface area contributed by atoms with Crippen molar-refractivity contribution in [3.05, 3.63) is 29.6 Å². The molecular weight excluding hydrogens is 436 g/mol. The van der Waals surface area contributed by atoms with Crippen molar-refractivity contribution in [1.82, 2.24) is 10.2 Å². The van der Waals surface area contributed by atoms with Crippen LogP contribution in [0.3, 0.4) is 0 Å². The molecule has 0 atom stereocenters. The van der Waals surface area contributed by atoms with Crippen LogP contribution in [0.15, 0.2) is 18.2 Å². The maximum absolute atomic E-state index is 13.9. The van der Waals surface area contributed by atoms with E-state index < -0.39 is 46.8 Å². The van der Waals surface area contributed by atoms with Gasteiger partial charge in [-0.15, -0.1) is 13.2 Å². The van der Waals surface area contributed by atoms with E-state index in [0.717, 1.165) is 12.1 Å². The first-order valence-electron chi connectivity index (χ1n) is 9.91. The summed E-state index contributed by atoms with van der Waals surface area (Å²) in [4.78, 5) is 26.1. The van der Waals surface area contributed by atoms with E-state index >= 15 is 0 Å².